The van der Waals surface area contributed by atoms with E-state index in [0.717, 1.165) is 44.6 Å². The molecular formula is C10H19NO. The van der Waals surface area contributed by atoms with Crippen LogP contribution >= 0.6 is 0 Å². The van der Waals surface area contributed by atoms with E-state index in [1.54, 1.807) is 0 Å². The molecule has 12 heavy (non-hydrogen) atoms. The van der Waals surface area contributed by atoms with Crippen molar-refractivity contribution in [2.45, 2.75) is 39.5 Å². The number of nitrogens with one attached hydrogen (secondary N) is 1. The number of ether oxygens (including phenoxy) is 1. The molecule has 0 unspecified atom stereocenters. The lowest BCUT2D eigenvalue weighted by Gasteiger charge is -2.34. The molecule has 1 saturated heterocycles. The summed E-state index contributed by atoms with van der Waals surface area (Å²) in [5.74, 6) is 0. The Bertz CT molecular complexity index is 159. The monoisotopic (exact) mass is 169 g/mol. The summed E-state index contributed by atoms with van der Waals surface area (Å²) in [4.78, 5) is 0. The smallest absolute Gasteiger partial charge is 0.0474 e. The minimum atomic E-state index is 0.147. The van der Waals surface area contributed by atoms with Crippen LogP contribution in [0.5, 0.6) is 0 Å². The Morgan fingerprint density at radius 3 is 2.50 bits per heavy atom. The number of rotatable bonds is 3. The average Bonchev–Trinajstić information content (AvgIpc) is 2.06. The van der Waals surface area contributed by atoms with Crippen molar-refractivity contribution in [3.63, 3.8) is 0 Å². The van der Waals surface area contributed by atoms with Crippen LogP contribution in [0.4, 0.5) is 0 Å². The molecule has 0 atom stereocenters. The molecule has 0 amide bonds. The van der Waals surface area contributed by atoms with Crippen LogP contribution in [0.25, 0.3) is 0 Å². The van der Waals surface area contributed by atoms with Gasteiger partial charge >= 0.3 is 0 Å². The van der Waals surface area contributed by atoms with Crippen molar-refractivity contribution < 1.29 is 4.74 Å². The standard InChI is InChI=1S/C10H19NO/c1-3-4-9(11)10(2)5-7-12-8-6-10/h11H,3-8H2,1-2H3. The van der Waals surface area contributed by atoms with E-state index in [1.165, 1.54) is 0 Å². The third-order valence-corrected chi connectivity index (χ3v) is 2.82. The van der Waals surface area contributed by atoms with E-state index in [9.17, 15) is 0 Å². The van der Waals surface area contributed by atoms with Crippen LogP contribution in [0.3, 0.4) is 0 Å². The van der Waals surface area contributed by atoms with Crippen molar-refractivity contribution in [2.75, 3.05) is 13.2 Å². The zero-order chi connectivity index (χ0) is 9.03. The Kier molecular flexibility index (Phi) is 3.27. The minimum Gasteiger partial charge on any atom is -0.381 e. The van der Waals surface area contributed by atoms with Crippen LogP contribution in [0, 0.1) is 10.8 Å². The number of hydrogen-bond donors (Lipinski definition) is 1. The van der Waals surface area contributed by atoms with Crippen molar-refractivity contribution in [3.05, 3.63) is 0 Å². The average molecular weight is 169 g/mol. The van der Waals surface area contributed by atoms with Gasteiger partial charge in [0.25, 0.3) is 0 Å². The van der Waals surface area contributed by atoms with Crippen molar-refractivity contribution in [2.24, 2.45) is 5.41 Å². The SMILES string of the molecule is CCCC(=N)C1(C)CCOCC1. The summed E-state index contributed by atoms with van der Waals surface area (Å²) in [6.45, 7) is 6.01. The van der Waals surface area contributed by atoms with E-state index in [4.69, 9.17) is 10.1 Å². The van der Waals surface area contributed by atoms with E-state index in [-0.39, 0.29) is 5.41 Å². The molecule has 70 valence electrons. The molecule has 1 fully saturated rings. The van der Waals surface area contributed by atoms with Gasteiger partial charge in [0.1, 0.15) is 0 Å². The second kappa shape index (κ2) is 4.04. The molecule has 1 rings (SSSR count). The van der Waals surface area contributed by atoms with Crippen LogP contribution in [0.1, 0.15) is 39.5 Å². The van der Waals surface area contributed by atoms with Crippen LogP contribution in [-0.2, 0) is 4.74 Å². The van der Waals surface area contributed by atoms with Crippen LogP contribution < -0.4 is 0 Å². The van der Waals surface area contributed by atoms with Gasteiger partial charge in [-0.05, 0) is 19.3 Å². The molecule has 0 aliphatic carbocycles. The maximum Gasteiger partial charge on any atom is 0.0474 e. The van der Waals surface area contributed by atoms with Gasteiger partial charge < -0.3 is 10.1 Å². The molecule has 0 aromatic carbocycles. The molecule has 0 spiro atoms. The lowest BCUT2D eigenvalue weighted by Crippen LogP contribution is -2.33. The summed E-state index contributed by atoms with van der Waals surface area (Å²) < 4.78 is 5.30. The fourth-order valence-electron chi connectivity index (χ4n) is 1.68. The lowest BCUT2D eigenvalue weighted by molar-refractivity contribution is 0.0513. The summed E-state index contributed by atoms with van der Waals surface area (Å²) in [5, 5.41) is 7.92. The van der Waals surface area contributed by atoms with Crippen molar-refractivity contribution in [1.82, 2.24) is 0 Å². The molecule has 0 saturated carbocycles. The zero-order valence-corrected chi connectivity index (χ0v) is 8.15. The molecule has 1 aliphatic rings. The van der Waals surface area contributed by atoms with Crippen molar-refractivity contribution in [3.8, 4) is 0 Å². The molecule has 1 N–H and O–H groups in total. The molecule has 0 radical (unpaired) electrons. The summed E-state index contributed by atoms with van der Waals surface area (Å²) in [5.41, 5.74) is 1.07. The molecule has 0 aromatic heterocycles. The molecule has 0 aromatic rings. The Balaban J connectivity index is 2.50. The van der Waals surface area contributed by atoms with Gasteiger partial charge in [0.15, 0.2) is 0 Å². The Morgan fingerprint density at radius 2 is 2.00 bits per heavy atom. The summed E-state index contributed by atoms with van der Waals surface area (Å²) in [6, 6.07) is 0. The topological polar surface area (TPSA) is 33.1 Å². The summed E-state index contributed by atoms with van der Waals surface area (Å²) in [7, 11) is 0. The fourth-order valence-corrected chi connectivity index (χ4v) is 1.68. The first-order chi connectivity index (χ1) is 5.69. The molecule has 2 nitrogen and oxygen atoms in total. The molecule has 2 heteroatoms. The largest absolute Gasteiger partial charge is 0.381 e. The van der Waals surface area contributed by atoms with E-state index >= 15 is 0 Å². The predicted molar refractivity (Wildman–Crippen MR) is 50.8 cm³/mol. The first-order valence-electron chi connectivity index (χ1n) is 4.85. The highest BCUT2D eigenvalue weighted by molar-refractivity contribution is 5.87. The quantitative estimate of drug-likeness (QED) is 0.647. The highest BCUT2D eigenvalue weighted by Crippen LogP contribution is 2.32. The first-order valence-corrected chi connectivity index (χ1v) is 4.85. The van der Waals surface area contributed by atoms with Gasteiger partial charge in [0.2, 0.25) is 0 Å². The first kappa shape index (κ1) is 9.72. The van der Waals surface area contributed by atoms with Gasteiger partial charge in [0.05, 0.1) is 0 Å². The Morgan fingerprint density at radius 1 is 1.42 bits per heavy atom. The zero-order valence-electron chi connectivity index (χ0n) is 8.15. The highest BCUT2D eigenvalue weighted by Gasteiger charge is 2.30. The van der Waals surface area contributed by atoms with E-state index in [2.05, 4.69) is 13.8 Å². The second-order valence-electron chi connectivity index (χ2n) is 3.90. The summed E-state index contributed by atoms with van der Waals surface area (Å²) in [6.07, 6.45) is 4.11. The number of hydrogen-bond acceptors (Lipinski definition) is 2. The maximum atomic E-state index is 7.92. The van der Waals surface area contributed by atoms with Gasteiger partial charge in [-0.15, -0.1) is 0 Å². The van der Waals surface area contributed by atoms with E-state index in [0.29, 0.717) is 0 Å². The lowest BCUT2D eigenvalue weighted by atomic mass is 9.76. The maximum absolute atomic E-state index is 7.92. The van der Waals surface area contributed by atoms with Gasteiger partial charge in [-0.25, -0.2) is 0 Å². The van der Waals surface area contributed by atoms with Crippen molar-refractivity contribution >= 4 is 5.71 Å². The molecule has 0 bridgehead atoms. The van der Waals surface area contributed by atoms with Crippen LogP contribution in [0.2, 0.25) is 0 Å². The third-order valence-electron chi connectivity index (χ3n) is 2.82. The third kappa shape index (κ3) is 2.07. The van der Waals surface area contributed by atoms with Crippen molar-refractivity contribution in [1.29, 1.82) is 5.41 Å². The highest BCUT2D eigenvalue weighted by atomic mass is 16.5. The molecular weight excluding hydrogens is 150 g/mol. The van der Waals surface area contributed by atoms with Crippen LogP contribution in [0.15, 0.2) is 0 Å². The minimum absolute atomic E-state index is 0.147. The predicted octanol–water partition coefficient (Wildman–Crippen LogP) is 2.62. The molecule has 1 aliphatic heterocycles. The van der Waals surface area contributed by atoms with E-state index < -0.39 is 0 Å². The van der Waals surface area contributed by atoms with Gasteiger partial charge in [-0.3, -0.25) is 0 Å². The van der Waals surface area contributed by atoms with Gasteiger partial charge in [-0.2, -0.15) is 0 Å². The van der Waals surface area contributed by atoms with Gasteiger partial charge in [-0.1, -0.05) is 20.3 Å². The van der Waals surface area contributed by atoms with Gasteiger partial charge in [0, 0.05) is 24.3 Å². The normalized spacial score (nSPS) is 22.2. The Labute approximate surface area is 74.8 Å². The Hall–Kier alpha value is -0.370. The van der Waals surface area contributed by atoms with Crippen LogP contribution in [-0.4, -0.2) is 18.9 Å². The summed E-state index contributed by atoms with van der Waals surface area (Å²) >= 11 is 0. The fraction of sp³-hybridized carbons (Fsp3) is 0.900. The molecule has 1 heterocycles. The second-order valence-corrected chi connectivity index (χ2v) is 3.90. The van der Waals surface area contributed by atoms with E-state index in [1.807, 2.05) is 0 Å².